The number of nitrogens with one attached hydrogen (secondary N) is 1. The van der Waals surface area contributed by atoms with E-state index < -0.39 is 26.6 Å². The highest BCUT2D eigenvalue weighted by Crippen LogP contribution is 2.31. The van der Waals surface area contributed by atoms with Gasteiger partial charge >= 0.3 is 0 Å². The highest BCUT2D eigenvalue weighted by atomic mass is 32.2. The first-order valence-corrected chi connectivity index (χ1v) is 12.5. The van der Waals surface area contributed by atoms with Crippen molar-refractivity contribution >= 4 is 43.4 Å². The second kappa shape index (κ2) is 8.28. The van der Waals surface area contributed by atoms with E-state index in [0.29, 0.717) is 18.8 Å². The monoisotopic (exact) mass is 465 g/mol. The SMILES string of the molecule is CCn1c2ccccc2c2cc(NC(=O)c3ccc(F)c(S(=O)(=O)N4CCCC4)c3)ccc21. The minimum absolute atomic E-state index is 0.0882. The van der Waals surface area contributed by atoms with Crippen LogP contribution in [-0.2, 0) is 16.6 Å². The maximum atomic E-state index is 14.4. The van der Waals surface area contributed by atoms with Crippen molar-refractivity contribution in [3.63, 3.8) is 0 Å². The van der Waals surface area contributed by atoms with Gasteiger partial charge in [-0.05, 0) is 62.2 Å². The average Bonchev–Trinajstić information content (AvgIpc) is 3.46. The van der Waals surface area contributed by atoms with Gasteiger partial charge in [-0.2, -0.15) is 4.31 Å². The molecule has 3 aromatic carbocycles. The molecule has 5 rings (SSSR count). The van der Waals surface area contributed by atoms with Crippen LogP contribution in [0.3, 0.4) is 0 Å². The molecule has 1 fully saturated rings. The lowest BCUT2D eigenvalue weighted by molar-refractivity contribution is 0.102. The summed E-state index contributed by atoms with van der Waals surface area (Å²) in [4.78, 5) is 12.5. The van der Waals surface area contributed by atoms with Crippen LogP contribution in [-0.4, -0.2) is 36.3 Å². The Kier molecular flexibility index (Phi) is 5.42. The van der Waals surface area contributed by atoms with Gasteiger partial charge in [-0.3, -0.25) is 4.79 Å². The molecule has 1 aliphatic heterocycles. The molecule has 33 heavy (non-hydrogen) atoms. The van der Waals surface area contributed by atoms with E-state index >= 15 is 0 Å². The van der Waals surface area contributed by atoms with E-state index in [2.05, 4.69) is 22.9 Å². The van der Waals surface area contributed by atoms with Crippen LogP contribution in [0.4, 0.5) is 10.1 Å². The number of halogens is 1. The normalized spacial score (nSPS) is 14.8. The smallest absolute Gasteiger partial charge is 0.255 e. The van der Waals surface area contributed by atoms with Gasteiger partial charge in [0, 0.05) is 52.7 Å². The van der Waals surface area contributed by atoms with Crippen molar-refractivity contribution in [2.24, 2.45) is 0 Å². The largest absolute Gasteiger partial charge is 0.341 e. The zero-order valence-electron chi connectivity index (χ0n) is 18.2. The van der Waals surface area contributed by atoms with Gasteiger partial charge in [0.15, 0.2) is 0 Å². The number of rotatable bonds is 5. The van der Waals surface area contributed by atoms with Crippen LogP contribution in [0.25, 0.3) is 21.8 Å². The van der Waals surface area contributed by atoms with Crippen molar-refractivity contribution in [1.29, 1.82) is 0 Å². The summed E-state index contributed by atoms with van der Waals surface area (Å²) in [6, 6.07) is 17.2. The first-order chi connectivity index (χ1) is 15.9. The molecule has 1 aliphatic rings. The number of hydrogen-bond donors (Lipinski definition) is 1. The highest BCUT2D eigenvalue weighted by Gasteiger charge is 2.30. The second-order valence-corrected chi connectivity index (χ2v) is 10.1. The molecule has 1 N–H and O–H groups in total. The minimum Gasteiger partial charge on any atom is -0.341 e. The van der Waals surface area contributed by atoms with E-state index in [1.165, 1.54) is 10.4 Å². The van der Waals surface area contributed by atoms with E-state index in [4.69, 9.17) is 0 Å². The number of hydrogen-bond acceptors (Lipinski definition) is 3. The number of sulfonamides is 1. The van der Waals surface area contributed by atoms with Crippen molar-refractivity contribution < 1.29 is 17.6 Å². The molecular formula is C25H24FN3O3S. The number of para-hydroxylation sites is 1. The van der Waals surface area contributed by atoms with Crippen LogP contribution in [0.15, 0.2) is 65.6 Å². The van der Waals surface area contributed by atoms with Crippen LogP contribution < -0.4 is 5.32 Å². The van der Waals surface area contributed by atoms with Crippen molar-refractivity contribution in [3.05, 3.63) is 72.0 Å². The molecule has 0 atom stereocenters. The number of aryl methyl sites for hydroxylation is 1. The molecule has 0 bridgehead atoms. The van der Waals surface area contributed by atoms with Crippen LogP contribution >= 0.6 is 0 Å². The third-order valence-corrected chi connectivity index (χ3v) is 8.14. The summed E-state index contributed by atoms with van der Waals surface area (Å²) in [6.07, 6.45) is 1.50. The number of carbonyl (C=O) groups is 1. The Labute approximate surface area is 191 Å². The van der Waals surface area contributed by atoms with E-state index in [-0.39, 0.29) is 5.56 Å². The number of aromatic nitrogens is 1. The molecule has 4 aromatic rings. The summed E-state index contributed by atoms with van der Waals surface area (Å²) >= 11 is 0. The van der Waals surface area contributed by atoms with E-state index in [1.54, 1.807) is 0 Å². The molecule has 170 valence electrons. The fourth-order valence-corrected chi connectivity index (χ4v) is 6.19. The van der Waals surface area contributed by atoms with Crippen LogP contribution in [0.1, 0.15) is 30.1 Å². The maximum absolute atomic E-state index is 14.4. The molecule has 0 radical (unpaired) electrons. The van der Waals surface area contributed by atoms with Gasteiger partial charge < -0.3 is 9.88 Å². The third kappa shape index (κ3) is 3.69. The summed E-state index contributed by atoms with van der Waals surface area (Å²) in [5.74, 6) is -1.35. The summed E-state index contributed by atoms with van der Waals surface area (Å²) in [6.45, 7) is 3.64. The predicted molar refractivity (Wildman–Crippen MR) is 127 cm³/mol. The molecule has 6 nitrogen and oxygen atoms in total. The molecule has 0 saturated carbocycles. The molecule has 1 amide bonds. The summed E-state index contributed by atoms with van der Waals surface area (Å²) < 4.78 is 43.6. The quantitative estimate of drug-likeness (QED) is 0.451. The van der Waals surface area contributed by atoms with Gasteiger partial charge in [-0.15, -0.1) is 0 Å². The van der Waals surface area contributed by atoms with Gasteiger partial charge in [-0.25, -0.2) is 12.8 Å². The lowest BCUT2D eigenvalue weighted by Gasteiger charge is -2.16. The topological polar surface area (TPSA) is 71.4 Å². The number of carbonyl (C=O) groups excluding carboxylic acids is 1. The first-order valence-electron chi connectivity index (χ1n) is 11.0. The lowest BCUT2D eigenvalue weighted by atomic mass is 10.1. The van der Waals surface area contributed by atoms with Crippen LogP contribution in [0.5, 0.6) is 0 Å². The maximum Gasteiger partial charge on any atom is 0.255 e. The Morgan fingerprint density at radius 2 is 1.70 bits per heavy atom. The van der Waals surface area contributed by atoms with Crippen LogP contribution in [0.2, 0.25) is 0 Å². The van der Waals surface area contributed by atoms with Gasteiger partial charge in [0.25, 0.3) is 5.91 Å². The fourth-order valence-electron chi connectivity index (χ4n) is 4.59. The summed E-state index contributed by atoms with van der Waals surface area (Å²) in [7, 11) is -3.98. The number of nitrogens with zero attached hydrogens (tertiary/aromatic N) is 2. The van der Waals surface area contributed by atoms with Crippen molar-refractivity contribution in [2.45, 2.75) is 31.2 Å². The highest BCUT2D eigenvalue weighted by molar-refractivity contribution is 7.89. The lowest BCUT2D eigenvalue weighted by Crippen LogP contribution is -2.29. The van der Waals surface area contributed by atoms with Crippen molar-refractivity contribution in [2.75, 3.05) is 18.4 Å². The second-order valence-electron chi connectivity index (χ2n) is 8.20. The Morgan fingerprint density at radius 3 is 2.45 bits per heavy atom. The van der Waals surface area contributed by atoms with E-state index in [9.17, 15) is 17.6 Å². The first kappa shape index (κ1) is 21.6. The molecule has 0 spiro atoms. The van der Waals surface area contributed by atoms with Gasteiger partial charge in [0.2, 0.25) is 10.0 Å². The van der Waals surface area contributed by atoms with Crippen molar-refractivity contribution in [1.82, 2.24) is 8.87 Å². The molecule has 1 aromatic heterocycles. The summed E-state index contributed by atoms with van der Waals surface area (Å²) in [5, 5.41) is 4.94. The Hall–Kier alpha value is -3.23. The number of benzene rings is 3. The zero-order valence-corrected chi connectivity index (χ0v) is 19.0. The minimum atomic E-state index is -3.98. The Balaban J connectivity index is 1.48. The Morgan fingerprint density at radius 1 is 0.970 bits per heavy atom. The summed E-state index contributed by atoms with van der Waals surface area (Å²) in [5.41, 5.74) is 2.86. The van der Waals surface area contributed by atoms with Gasteiger partial charge in [0.1, 0.15) is 10.7 Å². The predicted octanol–water partition coefficient (Wildman–Crippen LogP) is 4.99. The van der Waals surface area contributed by atoms with Gasteiger partial charge in [0.05, 0.1) is 0 Å². The standard InChI is InChI=1S/C25H24FN3O3S/c1-2-29-22-8-4-3-7-19(22)20-16-18(10-12-23(20)29)27-25(30)17-9-11-21(26)24(15-17)33(31,32)28-13-5-6-14-28/h3-4,7-12,15-16H,2,5-6,13-14H2,1H3,(H,27,30). The molecule has 1 saturated heterocycles. The van der Waals surface area contributed by atoms with Crippen molar-refractivity contribution in [3.8, 4) is 0 Å². The Bertz CT molecular complexity index is 1490. The number of anilines is 1. The number of amides is 1. The van der Waals surface area contributed by atoms with E-state index in [0.717, 1.165) is 53.3 Å². The molecule has 0 aliphatic carbocycles. The fraction of sp³-hybridized carbons (Fsp3) is 0.240. The molecule has 8 heteroatoms. The molecule has 0 unspecified atom stereocenters. The average molecular weight is 466 g/mol. The molecule has 2 heterocycles. The van der Waals surface area contributed by atoms with Gasteiger partial charge in [-0.1, -0.05) is 18.2 Å². The number of fused-ring (bicyclic) bond motifs is 3. The van der Waals surface area contributed by atoms with E-state index in [1.807, 2.05) is 36.4 Å². The zero-order chi connectivity index (χ0) is 23.2. The molecular weight excluding hydrogens is 441 g/mol. The van der Waals surface area contributed by atoms with Crippen LogP contribution in [0, 0.1) is 5.82 Å². The third-order valence-electron chi connectivity index (χ3n) is 6.22.